The molecule has 6 heteroatoms. The molecule has 0 aliphatic rings. The minimum atomic E-state index is -0.903. The van der Waals surface area contributed by atoms with Crippen LogP contribution in [0.1, 0.15) is 24.2 Å². The molecule has 1 amide bonds. The molecule has 0 aliphatic carbocycles. The van der Waals surface area contributed by atoms with Crippen molar-refractivity contribution in [1.82, 2.24) is 0 Å². The van der Waals surface area contributed by atoms with E-state index in [9.17, 15) is 9.59 Å². The summed E-state index contributed by atoms with van der Waals surface area (Å²) in [5, 5.41) is 2.71. The Balaban J connectivity index is 1.91. The van der Waals surface area contributed by atoms with Crippen molar-refractivity contribution in [2.24, 2.45) is 0 Å². The normalized spacial score (nSPS) is 11.5. The summed E-state index contributed by atoms with van der Waals surface area (Å²) >= 11 is 1.59. The molecule has 0 radical (unpaired) electrons. The Bertz CT molecular complexity index is 713. The minimum absolute atomic E-state index is 0.391. The fraction of sp³-hybridized carbons (Fsp3) is 0.263. The van der Waals surface area contributed by atoms with Crippen LogP contribution in [-0.4, -0.2) is 30.8 Å². The van der Waals surface area contributed by atoms with Crippen LogP contribution >= 0.6 is 11.8 Å². The third-order valence-electron chi connectivity index (χ3n) is 3.41. The molecule has 0 spiro atoms. The van der Waals surface area contributed by atoms with E-state index in [0.717, 1.165) is 10.6 Å². The van der Waals surface area contributed by atoms with E-state index in [1.54, 1.807) is 48.2 Å². The van der Waals surface area contributed by atoms with Crippen molar-refractivity contribution in [3.8, 4) is 5.75 Å². The number of benzene rings is 2. The van der Waals surface area contributed by atoms with Gasteiger partial charge in [0.05, 0.1) is 12.2 Å². The topological polar surface area (TPSA) is 64.6 Å². The Morgan fingerprint density at radius 3 is 2.28 bits per heavy atom. The molecule has 0 saturated carbocycles. The highest BCUT2D eigenvalue weighted by atomic mass is 32.2. The molecule has 1 N–H and O–H groups in total. The number of thioether (sulfide) groups is 1. The average molecular weight is 359 g/mol. The fourth-order valence-corrected chi connectivity index (χ4v) is 2.46. The number of hydrogen-bond acceptors (Lipinski definition) is 5. The van der Waals surface area contributed by atoms with Crippen molar-refractivity contribution in [3.63, 3.8) is 0 Å². The maximum atomic E-state index is 12.2. The van der Waals surface area contributed by atoms with Crippen molar-refractivity contribution in [3.05, 3.63) is 54.1 Å². The Kier molecular flexibility index (Phi) is 6.89. The molecule has 0 fully saturated rings. The van der Waals surface area contributed by atoms with Gasteiger partial charge in [0, 0.05) is 10.6 Å². The predicted molar refractivity (Wildman–Crippen MR) is 99.3 cm³/mol. The molecule has 5 nitrogen and oxygen atoms in total. The highest BCUT2D eigenvalue weighted by molar-refractivity contribution is 7.98. The van der Waals surface area contributed by atoms with Crippen molar-refractivity contribution in [2.45, 2.75) is 24.8 Å². The molecule has 0 aliphatic heterocycles. The third-order valence-corrected chi connectivity index (χ3v) is 4.16. The van der Waals surface area contributed by atoms with Crippen molar-refractivity contribution in [1.29, 1.82) is 0 Å². The summed E-state index contributed by atoms with van der Waals surface area (Å²) in [5.74, 6) is -0.186. The van der Waals surface area contributed by atoms with Crippen LogP contribution in [0.5, 0.6) is 5.75 Å². The molecule has 0 saturated heterocycles. The smallest absolute Gasteiger partial charge is 0.338 e. The van der Waals surface area contributed by atoms with Gasteiger partial charge in [-0.3, -0.25) is 4.79 Å². The summed E-state index contributed by atoms with van der Waals surface area (Å²) < 4.78 is 10.6. The lowest BCUT2D eigenvalue weighted by atomic mass is 10.2. The molecule has 0 aromatic heterocycles. The number of nitrogens with one attached hydrogen (secondary N) is 1. The first-order chi connectivity index (χ1) is 12.0. The van der Waals surface area contributed by atoms with Gasteiger partial charge in [-0.15, -0.1) is 11.8 Å². The SMILES string of the molecule is CCOc1ccc(NC(=O)[C@H](C)OC(=O)c2ccc(SC)cc2)cc1. The van der Waals surface area contributed by atoms with Crippen LogP contribution in [0.25, 0.3) is 0 Å². The molecule has 0 bridgehead atoms. The second-order valence-corrected chi connectivity index (χ2v) is 6.10. The number of hydrogen-bond donors (Lipinski definition) is 1. The highest BCUT2D eigenvalue weighted by Crippen LogP contribution is 2.17. The van der Waals surface area contributed by atoms with E-state index in [2.05, 4.69) is 5.32 Å². The third kappa shape index (κ3) is 5.53. The Hall–Kier alpha value is -2.47. The van der Waals surface area contributed by atoms with Crippen LogP contribution in [0.3, 0.4) is 0 Å². The summed E-state index contributed by atoms with van der Waals surface area (Å²) in [6, 6.07) is 14.1. The van der Waals surface area contributed by atoms with Crippen molar-refractivity contribution < 1.29 is 19.1 Å². The second kappa shape index (κ2) is 9.13. The Labute approximate surface area is 151 Å². The first kappa shape index (κ1) is 18.9. The highest BCUT2D eigenvalue weighted by Gasteiger charge is 2.19. The molecule has 1 atom stereocenters. The van der Waals surface area contributed by atoms with Crippen LogP contribution in [0.15, 0.2) is 53.4 Å². The maximum absolute atomic E-state index is 12.2. The van der Waals surface area contributed by atoms with Crippen molar-refractivity contribution >= 4 is 29.3 Å². The van der Waals surface area contributed by atoms with Gasteiger partial charge in [0.15, 0.2) is 6.10 Å². The summed E-state index contributed by atoms with van der Waals surface area (Å²) in [6.07, 6.45) is 1.06. The van der Waals surface area contributed by atoms with Gasteiger partial charge in [-0.1, -0.05) is 0 Å². The fourth-order valence-electron chi connectivity index (χ4n) is 2.05. The van der Waals surface area contributed by atoms with E-state index in [4.69, 9.17) is 9.47 Å². The molecule has 2 aromatic carbocycles. The number of esters is 1. The van der Waals surface area contributed by atoms with Gasteiger partial charge >= 0.3 is 5.97 Å². The molecule has 2 rings (SSSR count). The minimum Gasteiger partial charge on any atom is -0.494 e. The predicted octanol–water partition coefficient (Wildman–Crippen LogP) is 3.99. The number of rotatable bonds is 7. The lowest BCUT2D eigenvalue weighted by Crippen LogP contribution is -2.30. The van der Waals surface area contributed by atoms with E-state index in [1.165, 1.54) is 6.92 Å². The first-order valence-electron chi connectivity index (χ1n) is 7.92. The molecule has 0 heterocycles. The zero-order valence-corrected chi connectivity index (χ0v) is 15.3. The van der Waals surface area contributed by atoms with Crippen LogP contribution in [0, 0.1) is 0 Å². The number of amides is 1. The summed E-state index contributed by atoms with van der Waals surface area (Å²) in [4.78, 5) is 25.3. The van der Waals surface area contributed by atoms with Crippen LogP contribution in [0.2, 0.25) is 0 Å². The van der Waals surface area contributed by atoms with E-state index >= 15 is 0 Å². The van der Waals surface area contributed by atoms with Gasteiger partial charge in [-0.25, -0.2) is 4.79 Å². The van der Waals surface area contributed by atoms with E-state index in [0.29, 0.717) is 17.9 Å². The number of ether oxygens (including phenoxy) is 2. The second-order valence-electron chi connectivity index (χ2n) is 5.22. The lowest BCUT2D eigenvalue weighted by molar-refractivity contribution is -0.123. The summed E-state index contributed by atoms with van der Waals surface area (Å²) in [6.45, 7) is 4.02. The van der Waals surface area contributed by atoms with E-state index in [1.807, 2.05) is 25.3 Å². The number of anilines is 1. The van der Waals surface area contributed by atoms with Gasteiger partial charge < -0.3 is 14.8 Å². The van der Waals surface area contributed by atoms with Crippen LogP contribution < -0.4 is 10.1 Å². The van der Waals surface area contributed by atoms with Gasteiger partial charge in [0.2, 0.25) is 0 Å². The van der Waals surface area contributed by atoms with E-state index in [-0.39, 0.29) is 0 Å². The van der Waals surface area contributed by atoms with Gasteiger partial charge in [0.1, 0.15) is 5.75 Å². The monoisotopic (exact) mass is 359 g/mol. The molecule has 25 heavy (non-hydrogen) atoms. The molecule has 0 unspecified atom stereocenters. The number of carbonyl (C=O) groups excluding carboxylic acids is 2. The van der Waals surface area contributed by atoms with Gasteiger partial charge in [-0.2, -0.15) is 0 Å². The zero-order chi connectivity index (χ0) is 18.2. The quantitative estimate of drug-likeness (QED) is 0.598. The van der Waals surface area contributed by atoms with Crippen LogP contribution in [0.4, 0.5) is 5.69 Å². The molecular formula is C19H21NO4S. The number of carbonyl (C=O) groups is 2. The lowest BCUT2D eigenvalue weighted by Gasteiger charge is -2.14. The van der Waals surface area contributed by atoms with E-state index < -0.39 is 18.0 Å². The zero-order valence-electron chi connectivity index (χ0n) is 14.4. The summed E-state index contributed by atoms with van der Waals surface area (Å²) in [5.41, 5.74) is 1.03. The van der Waals surface area contributed by atoms with Gasteiger partial charge in [0.25, 0.3) is 5.91 Å². The first-order valence-corrected chi connectivity index (χ1v) is 9.14. The Morgan fingerprint density at radius 2 is 1.72 bits per heavy atom. The van der Waals surface area contributed by atoms with Crippen LogP contribution in [-0.2, 0) is 9.53 Å². The average Bonchev–Trinajstić information content (AvgIpc) is 2.63. The summed E-state index contributed by atoms with van der Waals surface area (Å²) in [7, 11) is 0. The maximum Gasteiger partial charge on any atom is 0.338 e. The largest absolute Gasteiger partial charge is 0.494 e. The molecular weight excluding hydrogens is 338 g/mol. The van der Waals surface area contributed by atoms with Crippen molar-refractivity contribution in [2.75, 3.05) is 18.2 Å². The molecule has 2 aromatic rings. The Morgan fingerprint density at radius 1 is 1.08 bits per heavy atom. The molecule has 132 valence electrons. The standard InChI is InChI=1S/C19H21NO4S/c1-4-23-16-9-7-15(8-10-16)20-18(21)13(2)24-19(22)14-5-11-17(25-3)12-6-14/h5-13H,4H2,1-3H3,(H,20,21)/t13-/m0/s1. The van der Waals surface area contributed by atoms with Gasteiger partial charge in [-0.05, 0) is 68.6 Å².